The number of rotatable bonds is 4. The van der Waals surface area contributed by atoms with Crippen molar-refractivity contribution in [2.24, 2.45) is 5.73 Å². The molecule has 0 radical (unpaired) electrons. The largest absolute Gasteiger partial charge is 0.495 e. The number of benzene rings is 1. The van der Waals surface area contributed by atoms with E-state index in [4.69, 9.17) is 10.5 Å². The molecule has 0 aliphatic rings. The number of urea groups is 1. The average Bonchev–Trinajstić information content (AvgIpc) is 2.28. The van der Waals surface area contributed by atoms with E-state index in [1.54, 1.807) is 19.1 Å². The van der Waals surface area contributed by atoms with E-state index in [0.29, 0.717) is 11.4 Å². The molecule has 0 saturated carbocycles. The molecule has 0 aromatic heterocycles. The number of carbonyl (C=O) groups is 2. The first-order valence-electron chi connectivity index (χ1n) is 5.04. The van der Waals surface area contributed by atoms with Crippen molar-refractivity contribution in [1.29, 1.82) is 0 Å². The number of ether oxygens (including phenoxy) is 1. The van der Waals surface area contributed by atoms with Gasteiger partial charge in [0.1, 0.15) is 11.8 Å². The van der Waals surface area contributed by atoms with Gasteiger partial charge in [-0.1, -0.05) is 12.1 Å². The normalized spacial score (nSPS) is 11.4. The van der Waals surface area contributed by atoms with Gasteiger partial charge >= 0.3 is 6.03 Å². The van der Waals surface area contributed by atoms with Gasteiger partial charge in [0.2, 0.25) is 5.91 Å². The quantitative estimate of drug-likeness (QED) is 0.718. The number of hydrogen-bond donors (Lipinski definition) is 3. The van der Waals surface area contributed by atoms with E-state index in [1.165, 1.54) is 7.11 Å². The molecule has 0 fully saturated rings. The highest BCUT2D eigenvalue weighted by Gasteiger charge is 2.15. The van der Waals surface area contributed by atoms with E-state index in [9.17, 15) is 9.59 Å². The molecule has 0 heterocycles. The molecule has 0 unspecified atom stereocenters. The van der Waals surface area contributed by atoms with Crippen molar-refractivity contribution in [3.63, 3.8) is 0 Å². The molecule has 4 N–H and O–H groups in total. The number of imide groups is 1. The smallest absolute Gasteiger partial charge is 0.318 e. The lowest BCUT2D eigenvalue weighted by atomic mass is 10.2. The minimum atomic E-state index is -0.872. The van der Waals surface area contributed by atoms with Crippen LogP contribution in [0.3, 0.4) is 0 Å². The highest BCUT2D eigenvalue weighted by atomic mass is 16.5. The second kappa shape index (κ2) is 5.74. The van der Waals surface area contributed by atoms with Crippen molar-refractivity contribution in [3.8, 4) is 5.75 Å². The van der Waals surface area contributed by atoms with Gasteiger partial charge in [0.05, 0.1) is 12.8 Å². The fourth-order valence-corrected chi connectivity index (χ4v) is 1.29. The van der Waals surface area contributed by atoms with Gasteiger partial charge in [-0.25, -0.2) is 4.79 Å². The third kappa shape index (κ3) is 3.67. The molecule has 1 aromatic carbocycles. The molecule has 0 spiro atoms. The third-order valence-corrected chi connectivity index (χ3v) is 2.12. The SMILES string of the molecule is COc1ccccc1N[C@H](C)C(=O)NC(N)=O. The van der Waals surface area contributed by atoms with E-state index in [1.807, 2.05) is 17.4 Å². The Morgan fingerprint density at radius 2 is 2.00 bits per heavy atom. The number of primary amides is 1. The Morgan fingerprint density at radius 3 is 2.59 bits per heavy atom. The van der Waals surface area contributed by atoms with Crippen molar-refractivity contribution in [2.75, 3.05) is 12.4 Å². The maximum atomic E-state index is 11.4. The summed E-state index contributed by atoms with van der Waals surface area (Å²) in [4.78, 5) is 22.0. The Hall–Kier alpha value is -2.24. The number of nitrogens with one attached hydrogen (secondary N) is 2. The topological polar surface area (TPSA) is 93.4 Å². The van der Waals surface area contributed by atoms with E-state index in [-0.39, 0.29) is 0 Å². The molecule has 92 valence electrons. The van der Waals surface area contributed by atoms with Gasteiger partial charge < -0.3 is 15.8 Å². The summed E-state index contributed by atoms with van der Waals surface area (Å²) in [5.41, 5.74) is 5.53. The zero-order valence-corrected chi connectivity index (χ0v) is 9.69. The standard InChI is InChI=1S/C11H15N3O3/c1-7(10(15)14-11(12)16)13-8-5-3-4-6-9(8)17-2/h3-7,13H,1-2H3,(H3,12,14,15,16)/t7-/m1/s1. The molecular formula is C11H15N3O3. The van der Waals surface area contributed by atoms with Crippen molar-refractivity contribution < 1.29 is 14.3 Å². The highest BCUT2D eigenvalue weighted by molar-refractivity contribution is 5.97. The number of methoxy groups -OCH3 is 1. The zero-order chi connectivity index (χ0) is 12.8. The van der Waals surface area contributed by atoms with Gasteiger partial charge in [-0.3, -0.25) is 10.1 Å². The molecule has 0 aliphatic heterocycles. The Morgan fingerprint density at radius 1 is 1.35 bits per heavy atom. The number of nitrogens with two attached hydrogens (primary N) is 1. The van der Waals surface area contributed by atoms with Crippen molar-refractivity contribution in [3.05, 3.63) is 24.3 Å². The Balaban J connectivity index is 2.70. The molecule has 1 aromatic rings. The van der Waals surface area contributed by atoms with Crippen LogP contribution in [0.4, 0.5) is 10.5 Å². The molecular weight excluding hydrogens is 222 g/mol. The van der Waals surface area contributed by atoms with Crippen LogP contribution in [0.5, 0.6) is 5.75 Å². The lowest BCUT2D eigenvalue weighted by molar-refractivity contribution is -0.120. The Labute approximate surface area is 99.1 Å². The summed E-state index contributed by atoms with van der Waals surface area (Å²) in [6, 6.07) is 5.69. The first-order valence-corrected chi connectivity index (χ1v) is 5.04. The van der Waals surface area contributed by atoms with Gasteiger partial charge in [-0.2, -0.15) is 0 Å². The number of amides is 3. The first-order chi connectivity index (χ1) is 8.04. The summed E-state index contributed by atoms with van der Waals surface area (Å²) in [6.07, 6.45) is 0. The van der Waals surface area contributed by atoms with Crippen LogP contribution in [0.15, 0.2) is 24.3 Å². The van der Waals surface area contributed by atoms with Gasteiger partial charge in [0, 0.05) is 0 Å². The van der Waals surface area contributed by atoms with Crippen LogP contribution < -0.4 is 21.1 Å². The highest BCUT2D eigenvalue weighted by Crippen LogP contribution is 2.23. The Kier molecular flexibility index (Phi) is 4.33. The zero-order valence-electron chi connectivity index (χ0n) is 9.69. The predicted octanol–water partition coefficient (Wildman–Crippen LogP) is 0.690. The molecule has 17 heavy (non-hydrogen) atoms. The summed E-state index contributed by atoms with van der Waals surface area (Å²) < 4.78 is 5.12. The van der Waals surface area contributed by atoms with E-state index in [0.717, 1.165) is 0 Å². The summed E-state index contributed by atoms with van der Waals surface area (Å²) >= 11 is 0. The van der Waals surface area contributed by atoms with Crippen LogP contribution in [0, 0.1) is 0 Å². The molecule has 6 heteroatoms. The van der Waals surface area contributed by atoms with Gasteiger partial charge in [0.15, 0.2) is 0 Å². The summed E-state index contributed by atoms with van der Waals surface area (Å²) in [5.74, 6) is 0.120. The van der Waals surface area contributed by atoms with Crippen LogP contribution in [0.1, 0.15) is 6.92 Å². The minimum Gasteiger partial charge on any atom is -0.495 e. The van der Waals surface area contributed by atoms with Crippen LogP contribution in [0.25, 0.3) is 0 Å². The maximum absolute atomic E-state index is 11.4. The summed E-state index contributed by atoms with van der Waals surface area (Å²) in [6.45, 7) is 1.62. The van der Waals surface area contributed by atoms with Crippen LogP contribution >= 0.6 is 0 Å². The molecule has 1 atom stereocenters. The predicted molar refractivity (Wildman–Crippen MR) is 63.8 cm³/mol. The van der Waals surface area contributed by atoms with Crippen LogP contribution in [0.2, 0.25) is 0 Å². The van der Waals surface area contributed by atoms with Gasteiger partial charge in [0.25, 0.3) is 0 Å². The molecule has 1 rings (SSSR count). The number of anilines is 1. The molecule has 6 nitrogen and oxygen atoms in total. The second-order valence-corrected chi connectivity index (χ2v) is 3.42. The molecule has 0 aliphatic carbocycles. The third-order valence-electron chi connectivity index (χ3n) is 2.12. The minimum absolute atomic E-state index is 0.497. The van der Waals surface area contributed by atoms with Crippen molar-refractivity contribution >= 4 is 17.6 Å². The molecule has 0 bridgehead atoms. The van der Waals surface area contributed by atoms with E-state index < -0.39 is 18.0 Å². The van der Waals surface area contributed by atoms with Crippen molar-refractivity contribution in [2.45, 2.75) is 13.0 Å². The second-order valence-electron chi connectivity index (χ2n) is 3.42. The summed E-state index contributed by atoms with van der Waals surface area (Å²) in [5, 5.41) is 4.92. The molecule has 0 saturated heterocycles. The van der Waals surface area contributed by atoms with E-state index in [2.05, 4.69) is 5.32 Å². The molecule has 3 amide bonds. The number of carbonyl (C=O) groups excluding carboxylic acids is 2. The lowest BCUT2D eigenvalue weighted by Gasteiger charge is -2.16. The summed E-state index contributed by atoms with van der Waals surface area (Å²) in [7, 11) is 1.54. The van der Waals surface area contributed by atoms with Crippen LogP contribution in [-0.2, 0) is 4.79 Å². The van der Waals surface area contributed by atoms with Gasteiger partial charge in [-0.15, -0.1) is 0 Å². The van der Waals surface area contributed by atoms with Crippen LogP contribution in [-0.4, -0.2) is 25.1 Å². The van der Waals surface area contributed by atoms with E-state index >= 15 is 0 Å². The van der Waals surface area contributed by atoms with Gasteiger partial charge in [-0.05, 0) is 19.1 Å². The fourth-order valence-electron chi connectivity index (χ4n) is 1.29. The average molecular weight is 237 g/mol. The number of hydrogen-bond acceptors (Lipinski definition) is 4. The van der Waals surface area contributed by atoms with Crippen molar-refractivity contribution in [1.82, 2.24) is 5.32 Å². The lowest BCUT2D eigenvalue weighted by Crippen LogP contribution is -2.43. The fraction of sp³-hybridized carbons (Fsp3) is 0.273. The Bertz CT molecular complexity index is 420. The number of para-hydroxylation sites is 2. The maximum Gasteiger partial charge on any atom is 0.318 e. The first kappa shape index (κ1) is 12.8. The monoisotopic (exact) mass is 237 g/mol.